The number of aliphatic imine (C=N–C) groups is 1. The first-order chi connectivity index (χ1) is 17.9. The topological polar surface area (TPSA) is 12.4 Å². The highest BCUT2D eigenvalue weighted by molar-refractivity contribution is 6.00. The number of benzene rings is 1. The Balaban J connectivity index is 1.52. The SMILES string of the molecule is C=CCC(/C=C\c1cccc2c1C1=CCC(C)C=C1C21C=CCC(C)CC1)C(=C)N=C(C)C1=CC=CC1. The van der Waals surface area contributed by atoms with Crippen LogP contribution in [0.3, 0.4) is 0 Å². The fourth-order valence-electron chi connectivity index (χ4n) is 6.44. The predicted molar refractivity (Wildman–Crippen MR) is 162 cm³/mol. The first kappa shape index (κ1) is 25.5. The lowest BCUT2D eigenvalue weighted by Crippen LogP contribution is -2.23. The number of hydrogen-bond acceptors (Lipinski definition) is 1. The molecule has 0 heterocycles. The number of nitrogens with zero attached hydrogens (tertiary/aromatic N) is 1. The van der Waals surface area contributed by atoms with Crippen molar-refractivity contribution in [2.75, 3.05) is 0 Å². The molecule has 4 aliphatic rings. The van der Waals surface area contributed by atoms with Crippen LogP contribution in [0.4, 0.5) is 0 Å². The van der Waals surface area contributed by atoms with Crippen LogP contribution in [0.1, 0.15) is 76.0 Å². The molecule has 0 aromatic heterocycles. The van der Waals surface area contributed by atoms with Crippen molar-refractivity contribution in [1.29, 1.82) is 0 Å². The van der Waals surface area contributed by atoms with E-state index in [-0.39, 0.29) is 11.3 Å². The summed E-state index contributed by atoms with van der Waals surface area (Å²) < 4.78 is 0. The lowest BCUT2D eigenvalue weighted by atomic mass is 9.72. The van der Waals surface area contributed by atoms with Crippen LogP contribution in [0.15, 0.2) is 108 Å². The van der Waals surface area contributed by atoms with Gasteiger partial charge < -0.3 is 0 Å². The highest BCUT2D eigenvalue weighted by atomic mass is 14.8. The maximum atomic E-state index is 4.91. The summed E-state index contributed by atoms with van der Waals surface area (Å²) in [5, 5.41) is 0. The maximum Gasteiger partial charge on any atom is 0.0411 e. The van der Waals surface area contributed by atoms with Crippen LogP contribution < -0.4 is 0 Å². The quantitative estimate of drug-likeness (QED) is 0.268. The molecular weight excluding hydrogens is 446 g/mol. The van der Waals surface area contributed by atoms with Crippen molar-refractivity contribution in [2.24, 2.45) is 22.7 Å². The molecule has 0 radical (unpaired) electrons. The minimum atomic E-state index is 0.0129. The van der Waals surface area contributed by atoms with Gasteiger partial charge in [0, 0.05) is 22.7 Å². The van der Waals surface area contributed by atoms with Crippen molar-refractivity contribution in [2.45, 2.75) is 64.7 Å². The number of hydrogen-bond donors (Lipinski definition) is 0. The van der Waals surface area contributed by atoms with Gasteiger partial charge in [0.05, 0.1) is 0 Å². The van der Waals surface area contributed by atoms with Gasteiger partial charge >= 0.3 is 0 Å². The molecule has 4 aliphatic carbocycles. The molecule has 0 saturated heterocycles. The van der Waals surface area contributed by atoms with E-state index in [4.69, 9.17) is 4.99 Å². The highest BCUT2D eigenvalue weighted by Crippen LogP contribution is 2.57. The van der Waals surface area contributed by atoms with Crippen LogP contribution in [0.2, 0.25) is 0 Å². The second-order valence-electron chi connectivity index (χ2n) is 11.4. The van der Waals surface area contributed by atoms with E-state index in [2.05, 4.69) is 107 Å². The highest BCUT2D eigenvalue weighted by Gasteiger charge is 2.45. The van der Waals surface area contributed by atoms with Gasteiger partial charge in [-0.05, 0) is 90.7 Å². The summed E-state index contributed by atoms with van der Waals surface area (Å²) in [5.74, 6) is 1.45. The lowest BCUT2D eigenvalue weighted by Gasteiger charge is -2.31. The van der Waals surface area contributed by atoms with Crippen molar-refractivity contribution < 1.29 is 0 Å². The Morgan fingerprint density at radius 1 is 1.22 bits per heavy atom. The van der Waals surface area contributed by atoms with E-state index in [1.54, 1.807) is 0 Å². The van der Waals surface area contributed by atoms with Gasteiger partial charge in [0.15, 0.2) is 0 Å². The minimum Gasteiger partial charge on any atom is -0.258 e. The van der Waals surface area contributed by atoms with Crippen LogP contribution in [-0.2, 0) is 5.41 Å². The Labute approximate surface area is 224 Å². The number of rotatable bonds is 7. The van der Waals surface area contributed by atoms with Crippen molar-refractivity contribution in [3.8, 4) is 0 Å². The van der Waals surface area contributed by atoms with E-state index < -0.39 is 0 Å². The molecule has 1 aromatic rings. The number of fused-ring (bicyclic) bond motifs is 5. The summed E-state index contributed by atoms with van der Waals surface area (Å²) >= 11 is 0. The van der Waals surface area contributed by atoms with Crippen molar-refractivity contribution in [3.63, 3.8) is 0 Å². The van der Waals surface area contributed by atoms with Gasteiger partial charge in [0.2, 0.25) is 0 Å². The van der Waals surface area contributed by atoms with Crippen molar-refractivity contribution in [3.05, 3.63) is 120 Å². The fraction of sp³-hybridized carbons (Fsp3) is 0.361. The molecule has 1 spiro atoms. The molecular formula is C36H41N. The Kier molecular flexibility index (Phi) is 7.33. The second kappa shape index (κ2) is 10.7. The molecule has 0 bridgehead atoms. The molecule has 0 N–H and O–H groups in total. The van der Waals surface area contributed by atoms with Crippen LogP contribution in [0.5, 0.6) is 0 Å². The molecule has 1 aromatic carbocycles. The Morgan fingerprint density at radius 3 is 2.86 bits per heavy atom. The van der Waals surface area contributed by atoms with E-state index in [1.807, 2.05) is 6.08 Å². The molecule has 1 heteroatoms. The molecule has 0 aliphatic heterocycles. The van der Waals surface area contributed by atoms with Gasteiger partial charge in [-0.3, -0.25) is 4.99 Å². The standard InChI is InChI=1S/C36H41N/c1-6-11-29(27(4)37-28(5)30-13-7-8-14-30)18-19-31-15-9-16-33-35(31)32-20-17-26(3)24-34(32)36(33)22-10-12-25(2)21-23-36/h6-10,13,15-16,18-20,22,24-26,29H,1,4,11-12,14,17,21,23H2,2-3,5H3/b19-18-,37-28?. The second-order valence-corrected chi connectivity index (χ2v) is 11.4. The molecule has 37 heavy (non-hydrogen) atoms. The molecule has 0 saturated carbocycles. The minimum absolute atomic E-state index is 0.0129. The van der Waals surface area contributed by atoms with E-state index in [0.29, 0.717) is 5.92 Å². The third-order valence-electron chi connectivity index (χ3n) is 8.64. The Bertz CT molecular complexity index is 1300. The van der Waals surface area contributed by atoms with Gasteiger partial charge in [-0.15, -0.1) is 6.58 Å². The lowest BCUT2D eigenvalue weighted by molar-refractivity contribution is 0.472. The van der Waals surface area contributed by atoms with Gasteiger partial charge in [0.25, 0.3) is 0 Å². The van der Waals surface area contributed by atoms with Gasteiger partial charge in [-0.1, -0.05) is 99.4 Å². The van der Waals surface area contributed by atoms with Crippen molar-refractivity contribution in [1.82, 2.24) is 0 Å². The first-order valence-corrected chi connectivity index (χ1v) is 14.1. The smallest absolute Gasteiger partial charge is 0.0411 e. The molecule has 4 unspecified atom stereocenters. The largest absolute Gasteiger partial charge is 0.258 e. The zero-order valence-electron chi connectivity index (χ0n) is 22.8. The van der Waals surface area contributed by atoms with Gasteiger partial charge in [-0.2, -0.15) is 0 Å². The summed E-state index contributed by atoms with van der Waals surface area (Å²) in [4.78, 5) is 4.91. The summed E-state index contributed by atoms with van der Waals surface area (Å²) in [6.45, 7) is 15.2. The first-order valence-electron chi connectivity index (χ1n) is 14.1. The van der Waals surface area contributed by atoms with E-state index >= 15 is 0 Å². The van der Waals surface area contributed by atoms with Crippen LogP contribution in [-0.4, -0.2) is 5.71 Å². The summed E-state index contributed by atoms with van der Waals surface area (Å²) in [6, 6.07) is 6.92. The third-order valence-corrected chi connectivity index (χ3v) is 8.64. The average Bonchev–Trinajstić information content (AvgIpc) is 3.46. The molecule has 1 nitrogen and oxygen atoms in total. The third kappa shape index (κ3) is 4.89. The average molecular weight is 488 g/mol. The molecule has 0 fully saturated rings. The fourth-order valence-corrected chi connectivity index (χ4v) is 6.44. The van der Waals surface area contributed by atoms with Crippen LogP contribution in [0.25, 0.3) is 11.6 Å². The molecule has 190 valence electrons. The predicted octanol–water partition coefficient (Wildman–Crippen LogP) is 9.73. The van der Waals surface area contributed by atoms with E-state index in [9.17, 15) is 0 Å². The Morgan fingerprint density at radius 2 is 2.08 bits per heavy atom. The Hall–Kier alpha value is -3.19. The van der Waals surface area contributed by atoms with E-state index in [0.717, 1.165) is 36.6 Å². The van der Waals surface area contributed by atoms with Crippen LogP contribution in [0, 0.1) is 17.8 Å². The van der Waals surface area contributed by atoms with Crippen molar-refractivity contribution >= 4 is 17.4 Å². The zero-order valence-corrected chi connectivity index (χ0v) is 22.8. The monoisotopic (exact) mass is 487 g/mol. The van der Waals surface area contributed by atoms with Gasteiger partial charge in [0.1, 0.15) is 0 Å². The number of allylic oxidation sites excluding steroid dienone is 12. The van der Waals surface area contributed by atoms with Crippen LogP contribution >= 0.6 is 0 Å². The van der Waals surface area contributed by atoms with Gasteiger partial charge in [-0.25, -0.2) is 0 Å². The normalized spacial score (nSPS) is 27.4. The maximum absolute atomic E-state index is 4.91. The van der Waals surface area contributed by atoms with E-state index in [1.165, 1.54) is 52.7 Å². The summed E-state index contributed by atoms with van der Waals surface area (Å²) in [5.41, 5.74) is 10.5. The summed E-state index contributed by atoms with van der Waals surface area (Å²) in [7, 11) is 0. The zero-order chi connectivity index (χ0) is 26.0. The summed E-state index contributed by atoms with van der Waals surface area (Å²) in [6.07, 6.45) is 29.6. The molecule has 4 atom stereocenters. The molecule has 5 rings (SSSR count). The molecule has 0 amide bonds.